The molecule has 2 aliphatic heterocycles. The Balaban J connectivity index is 1.54. The first-order chi connectivity index (χ1) is 15.7. The quantitative estimate of drug-likeness (QED) is 0.659. The van der Waals surface area contributed by atoms with Gasteiger partial charge < -0.3 is 15.1 Å². The van der Waals surface area contributed by atoms with Crippen LogP contribution in [0, 0.1) is 11.7 Å². The lowest BCUT2D eigenvalue weighted by atomic mass is 9.88. The number of rotatable bonds is 5. The lowest BCUT2D eigenvalue weighted by Gasteiger charge is -2.35. The van der Waals surface area contributed by atoms with Gasteiger partial charge in [-0.25, -0.2) is 14.4 Å². The minimum atomic E-state index is -0.536. The second-order valence-electron chi connectivity index (χ2n) is 9.03. The Morgan fingerprint density at radius 2 is 1.88 bits per heavy atom. The summed E-state index contributed by atoms with van der Waals surface area (Å²) in [4.78, 5) is 38.5. The van der Waals surface area contributed by atoms with Gasteiger partial charge in [0.1, 0.15) is 5.82 Å². The second kappa shape index (κ2) is 9.63. The monoisotopic (exact) mass is 473 g/mol. The van der Waals surface area contributed by atoms with Crippen LogP contribution in [-0.2, 0) is 17.8 Å². The van der Waals surface area contributed by atoms with E-state index in [1.165, 1.54) is 18.2 Å². The van der Waals surface area contributed by atoms with Crippen molar-refractivity contribution >= 4 is 34.9 Å². The van der Waals surface area contributed by atoms with E-state index in [-0.39, 0.29) is 29.2 Å². The molecule has 7 nitrogen and oxygen atoms in total. The van der Waals surface area contributed by atoms with Crippen LogP contribution in [0.3, 0.4) is 0 Å². The van der Waals surface area contributed by atoms with Crippen molar-refractivity contribution in [3.05, 3.63) is 46.0 Å². The van der Waals surface area contributed by atoms with E-state index in [4.69, 9.17) is 21.6 Å². The van der Waals surface area contributed by atoms with E-state index in [9.17, 15) is 14.0 Å². The summed E-state index contributed by atoms with van der Waals surface area (Å²) in [6.07, 6.45) is 1.85. The molecule has 0 aliphatic carbocycles. The number of nitrogens with one attached hydrogen (secondary N) is 1. The summed E-state index contributed by atoms with van der Waals surface area (Å²) < 4.78 is 14.2. The van der Waals surface area contributed by atoms with Crippen molar-refractivity contribution in [1.82, 2.24) is 14.9 Å². The van der Waals surface area contributed by atoms with Gasteiger partial charge in [-0.3, -0.25) is 9.59 Å². The van der Waals surface area contributed by atoms with Crippen LogP contribution in [0.25, 0.3) is 0 Å². The van der Waals surface area contributed by atoms with E-state index in [1.807, 2.05) is 13.8 Å². The predicted octanol–water partition coefficient (Wildman–Crippen LogP) is 4.09. The zero-order chi connectivity index (χ0) is 23.7. The van der Waals surface area contributed by atoms with Crippen molar-refractivity contribution in [2.24, 2.45) is 5.92 Å². The zero-order valence-electron chi connectivity index (χ0n) is 19.2. The van der Waals surface area contributed by atoms with Crippen molar-refractivity contribution in [1.29, 1.82) is 0 Å². The van der Waals surface area contributed by atoms with Crippen LogP contribution in [0.15, 0.2) is 18.2 Å². The molecule has 2 aromatic rings. The summed E-state index contributed by atoms with van der Waals surface area (Å²) in [6.45, 7) is 7.98. The molecule has 1 fully saturated rings. The first kappa shape index (κ1) is 23.4. The Hall–Kier alpha value is -2.74. The molecule has 1 amide bonds. The Labute approximate surface area is 198 Å². The molecule has 0 atom stereocenters. The number of hydrogen-bond acceptors (Lipinski definition) is 6. The third-order valence-corrected chi connectivity index (χ3v) is 6.46. The third-order valence-electron chi connectivity index (χ3n) is 6.22. The second-order valence-corrected chi connectivity index (χ2v) is 9.46. The van der Waals surface area contributed by atoms with Crippen LogP contribution in [0.5, 0.6) is 0 Å². The molecule has 0 spiro atoms. The average Bonchev–Trinajstić information content (AvgIpc) is 2.79. The number of carbonyl (C=O) groups is 2. The maximum Gasteiger partial charge on any atom is 0.219 e. The standard InChI is InChI=1S/C24H29ClFN5O2/c1-14(2)27-23-24(29-21-13-31(15(3)32)11-8-20(21)28-23)30-9-6-16(7-10-30)22(33)18-12-17(25)4-5-19(18)26/h4-5,12,14,16H,6-11,13H2,1-3H3,(H,27,28). The van der Waals surface area contributed by atoms with Gasteiger partial charge in [-0.15, -0.1) is 0 Å². The molecule has 176 valence electrons. The molecule has 3 heterocycles. The normalized spacial score (nSPS) is 16.7. The maximum atomic E-state index is 14.2. The van der Waals surface area contributed by atoms with Crippen molar-refractivity contribution in [2.45, 2.75) is 52.6 Å². The number of fused-ring (bicyclic) bond motifs is 1. The molecule has 0 radical (unpaired) electrons. The highest BCUT2D eigenvalue weighted by Crippen LogP contribution is 2.32. The molecular weight excluding hydrogens is 445 g/mol. The van der Waals surface area contributed by atoms with Crippen LogP contribution < -0.4 is 10.2 Å². The minimum absolute atomic E-state index is 0.0287. The number of anilines is 2. The van der Waals surface area contributed by atoms with E-state index in [0.29, 0.717) is 50.5 Å². The lowest BCUT2D eigenvalue weighted by molar-refractivity contribution is -0.129. The van der Waals surface area contributed by atoms with Crippen molar-refractivity contribution in [3.8, 4) is 0 Å². The molecule has 1 aromatic carbocycles. The summed E-state index contributed by atoms with van der Waals surface area (Å²) in [6, 6.07) is 4.27. The number of nitrogens with zero attached hydrogens (tertiary/aromatic N) is 4. The van der Waals surface area contributed by atoms with Gasteiger partial charge >= 0.3 is 0 Å². The summed E-state index contributed by atoms with van der Waals surface area (Å²) in [5, 5.41) is 3.75. The Kier molecular flexibility index (Phi) is 6.83. The van der Waals surface area contributed by atoms with Gasteiger partial charge in [0, 0.05) is 50.0 Å². The molecule has 1 N–H and O–H groups in total. The number of benzene rings is 1. The molecule has 0 unspecified atom stereocenters. The maximum absolute atomic E-state index is 14.2. The Morgan fingerprint density at radius 1 is 1.15 bits per heavy atom. The Morgan fingerprint density at radius 3 is 2.55 bits per heavy atom. The van der Waals surface area contributed by atoms with E-state index in [1.54, 1.807) is 11.8 Å². The van der Waals surface area contributed by atoms with E-state index in [0.717, 1.165) is 23.0 Å². The van der Waals surface area contributed by atoms with Gasteiger partial charge in [0.25, 0.3) is 0 Å². The number of halogens is 2. The fraction of sp³-hybridized carbons (Fsp3) is 0.500. The smallest absolute Gasteiger partial charge is 0.219 e. The molecular formula is C24H29ClFN5O2. The molecule has 1 aromatic heterocycles. The largest absolute Gasteiger partial charge is 0.365 e. The van der Waals surface area contributed by atoms with Gasteiger partial charge in [0.15, 0.2) is 17.4 Å². The fourth-order valence-electron chi connectivity index (χ4n) is 4.44. The van der Waals surface area contributed by atoms with Crippen LogP contribution in [0.1, 0.15) is 55.4 Å². The van der Waals surface area contributed by atoms with Crippen LogP contribution >= 0.6 is 11.6 Å². The predicted molar refractivity (Wildman–Crippen MR) is 126 cm³/mol. The summed E-state index contributed by atoms with van der Waals surface area (Å²) in [5.74, 6) is 0.489. The highest BCUT2D eigenvalue weighted by Gasteiger charge is 2.31. The van der Waals surface area contributed by atoms with Crippen LogP contribution in [0.2, 0.25) is 5.02 Å². The molecule has 0 bridgehead atoms. The molecule has 33 heavy (non-hydrogen) atoms. The fourth-order valence-corrected chi connectivity index (χ4v) is 4.61. The van der Waals surface area contributed by atoms with E-state index < -0.39 is 5.82 Å². The SMILES string of the molecule is CC(=O)N1CCc2nc(NC(C)C)c(N3CCC(C(=O)c4cc(Cl)ccc4F)CC3)nc2C1. The summed E-state index contributed by atoms with van der Waals surface area (Å²) >= 11 is 5.98. The number of aromatic nitrogens is 2. The number of piperidine rings is 1. The van der Waals surface area contributed by atoms with Gasteiger partial charge in [0.2, 0.25) is 5.91 Å². The Bertz CT molecular complexity index is 1070. The van der Waals surface area contributed by atoms with Crippen molar-refractivity contribution in [3.63, 3.8) is 0 Å². The average molecular weight is 474 g/mol. The summed E-state index contributed by atoms with van der Waals surface area (Å²) in [7, 11) is 0. The van der Waals surface area contributed by atoms with Gasteiger partial charge in [-0.1, -0.05) is 11.6 Å². The summed E-state index contributed by atoms with van der Waals surface area (Å²) in [5.41, 5.74) is 1.79. The van der Waals surface area contributed by atoms with Gasteiger partial charge in [0.05, 0.1) is 23.5 Å². The molecule has 0 saturated carbocycles. The zero-order valence-corrected chi connectivity index (χ0v) is 20.0. The highest BCUT2D eigenvalue weighted by molar-refractivity contribution is 6.31. The minimum Gasteiger partial charge on any atom is -0.365 e. The van der Waals surface area contributed by atoms with Crippen LogP contribution in [-0.4, -0.2) is 52.2 Å². The molecule has 9 heteroatoms. The number of Topliss-reactive ketones (excluding diaryl/α,β-unsaturated/α-hetero) is 1. The number of hydrogen-bond donors (Lipinski definition) is 1. The first-order valence-corrected chi connectivity index (χ1v) is 11.8. The van der Waals surface area contributed by atoms with E-state index >= 15 is 0 Å². The third kappa shape index (κ3) is 5.11. The highest BCUT2D eigenvalue weighted by atomic mass is 35.5. The lowest BCUT2D eigenvalue weighted by Crippen LogP contribution is -2.39. The molecule has 2 aliphatic rings. The van der Waals surface area contributed by atoms with E-state index in [2.05, 4.69) is 10.2 Å². The number of amides is 1. The van der Waals surface area contributed by atoms with Crippen molar-refractivity contribution < 1.29 is 14.0 Å². The topological polar surface area (TPSA) is 78.4 Å². The molecule has 1 saturated heterocycles. The number of carbonyl (C=O) groups excluding carboxylic acids is 2. The van der Waals surface area contributed by atoms with Crippen LogP contribution in [0.4, 0.5) is 16.0 Å². The number of ketones is 1. The molecule has 4 rings (SSSR count). The van der Waals surface area contributed by atoms with Gasteiger partial charge in [-0.2, -0.15) is 0 Å². The van der Waals surface area contributed by atoms with Crippen molar-refractivity contribution in [2.75, 3.05) is 29.9 Å². The van der Waals surface area contributed by atoms with Gasteiger partial charge in [-0.05, 0) is 44.9 Å². The first-order valence-electron chi connectivity index (χ1n) is 11.4.